The van der Waals surface area contributed by atoms with Gasteiger partial charge in [0.15, 0.2) is 12.4 Å². The number of rotatable bonds is 5. The van der Waals surface area contributed by atoms with Gasteiger partial charge in [0.2, 0.25) is 5.91 Å². The number of benzene rings is 2. The Morgan fingerprint density at radius 2 is 1.85 bits per heavy atom. The van der Waals surface area contributed by atoms with Crippen molar-refractivity contribution in [3.8, 4) is 0 Å². The molecule has 0 aliphatic carbocycles. The lowest BCUT2D eigenvalue weighted by atomic mass is 10.1. The highest BCUT2D eigenvalue weighted by molar-refractivity contribution is 9.10. The minimum Gasteiger partial charge on any atom is -0.457 e. The fourth-order valence-corrected chi connectivity index (χ4v) is 3.24. The van der Waals surface area contributed by atoms with Gasteiger partial charge in [-0.2, -0.15) is 0 Å². The summed E-state index contributed by atoms with van der Waals surface area (Å²) in [4.78, 5) is 38.0. The Hall–Kier alpha value is -2.18. The van der Waals surface area contributed by atoms with Crippen molar-refractivity contribution < 1.29 is 19.1 Å². The van der Waals surface area contributed by atoms with Gasteiger partial charge in [0.05, 0.1) is 16.6 Å². The van der Waals surface area contributed by atoms with Crippen molar-refractivity contribution in [3.05, 3.63) is 63.6 Å². The second kappa shape index (κ2) is 8.01. The molecule has 1 aliphatic heterocycles. The number of nitrogens with zero attached hydrogens (tertiary/aromatic N) is 1. The first-order valence-electron chi connectivity index (χ1n) is 7.96. The largest absolute Gasteiger partial charge is 0.457 e. The monoisotopic (exact) mass is 435 g/mol. The summed E-state index contributed by atoms with van der Waals surface area (Å²) in [5.41, 5.74) is 1.03. The van der Waals surface area contributed by atoms with Crippen LogP contribution in [0.4, 0.5) is 5.69 Å². The Morgan fingerprint density at radius 3 is 2.54 bits per heavy atom. The molecule has 7 heteroatoms. The summed E-state index contributed by atoms with van der Waals surface area (Å²) in [5.74, 6) is -1.66. The second-order valence-electron chi connectivity index (χ2n) is 5.89. The summed E-state index contributed by atoms with van der Waals surface area (Å²) in [6, 6.07) is 13.7. The third-order valence-electron chi connectivity index (χ3n) is 4.11. The van der Waals surface area contributed by atoms with E-state index in [1.807, 2.05) is 0 Å². The lowest BCUT2D eigenvalue weighted by Gasteiger charge is -2.17. The van der Waals surface area contributed by atoms with Crippen molar-refractivity contribution >= 4 is 50.9 Å². The highest BCUT2D eigenvalue weighted by Gasteiger charge is 2.37. The first kappa shape index (κ1) is 18.6. The molecule has 0 unspecified atom stereocenters. The summed E-state index contributed by atoms with van der Waals surface area (Å²) >= 11 is 9.41. The number of esters is 1. The van der Waals surface area contributed by atoms with Crippen LogP contribution in [0.3, 0.4) is 0 Å². The number of carbonyl (C=O) groups is 3. The Bertz CT molecular complexity index is 853. The Kier molecular flexibility index (Phi) is 5.74. The Balaban J connectivity index is 1.59. The van der Waals surface area contributed by atoms with Gasteiger partial charge in [0.1, 0.15) is 0 Å². The number of carbonyl (C=O) groups excluding carboxylic acids is 3. The first-order chi connectivity index (χ1) is 12.5. The molecule has 26 heavy (non-hydrogen) atoms. The Morgan fingerprint density at radius 1 is 1.15 bits per heavy atom. The molecule has 5 nitrogen and oxygen atoms in total. The molecule has 0 aromatic heterocycles. The summed E-state index contributed by atoms with van der Waals surface area (Å²) in [7, 11) is 0. The van der Waals surface area contributed by atoms with Crippen LogP contribution in [0.5, 0.6) is 0 Å². The molecule has 1 fully saturated rings. The van der Waals surface area contributed by atoms with Crippen molar-refractivity contribution in [1.82, 2.24) is 0 Å². The zero-order valence-electron chi connectivity index (χ0n) is 13.7. The van der Waals surface area contributed by atoms with E-state index in [4.69, 9.17) is 16.3 Å². The van der Waals surface area contributed by atoms with Gasteiger partial charge in [0, 0.05) is 23.0 Å². The van der Waals surface area contributed by atoms with Gasteiger partial charge < -0.3 is 9.64 Å². The fourth-order valence-electron chi connectivity index (χ4n) is 2.74. The molecule has 1 amide bonds. The molecule has 1 aliphatic rings. The minimum atomic E-state index is -0.614. The molecule has 3 rings (SSSR count). The van der Waals surface area contributed by atoms with Crippen molar-refractivity contribution in [2.24, 2.45) is 5.92 Å². The minimum absolute atomic E-state index is 0.0382. The van der Waals surface area contributed by atoms with Crippen molar-refractivity contribution in [3.63, 3.8) is 0 Å². The van der Waals surface area contributed by atoms with E-state index >= 15 is 0 Å². The SMILES string of the molecule is O=C(COC(=O)[C@H]1CC(=O)N(c2ccccc2Cl)C1)c1ccc(Br)cc1. The number of hydrogen-bond donors (Lipinski definition) is 0. The van der Waals surface area contributed by atoms with E-state index in [0.29, 0.717) is 16.3 Å². The van der Waals surface area contributed by atoms with E-state index in [1.165, 1.54) is 4.90 Å². The fraction of sp³-hybridized carbons (Fsp3) is 0.211. The molecule has 1 heterocycles. The number of anilines is 1. The second-order valence-corrected chi connectivity index (χ2v) is 7.22. The highest BCUT2D eigenvalue weighted by Crippen LogP contribution is 2.31. The van der Waals surface area contributed by atoms with Crippen LogP contribution in [0.1, 0.15) is 16.8 Å². The maximum absolute atomic E-state index is 12.2. The lowest BCUT2D eigenvalue weighted by molar-refractivity contribution is -0.147. The van der Waals surface area contributed by atoms with Crippen LogP contribution >= 0.6 is 27.5 Å². The maximum Gasteiger partial charge on any atom is 0.311 e. The quantitative estimate of drug-likeness (QED) is 0.527. The van der Waals surface area contributed by atoms with E-state index < -0.39 is 11.9 Å². The van der Waals surface area contributed by atoms with E-state index in [0.717, 1.165) is 4.47 Å². The number of hydrogen-bond acceptors (Lipinski definition) is 4. The standard InChI is InChI=1S/C19H15BrClNO4/c20-14-7-5-12(6-8-14)17(23)11-26-19(25)13-9-18(24)22(10-13)16-4-2-1-3-15(16)21/h1-8,13H,9-11H2/t13-/m0/s1. The van der Waals surface area contributed by atoms with Crippen LogP contribution in [0.15, 0.2) is 53.0 Å². The molecular formula is C19H15BrClNO4. The molecule has 2 aromatic rings. The van der Waals surface area contributed by atoms with Gasteiger partial charge in [-0.05, 0) is 24.3 Å². The van der Waals surface area contributed by atoms with Crippen molar-refractivity contribution in [1.29, 1.82) is 0 Å². The molecule has 0 radical (unpaired) electrons. The van der Waals surface area contributed by atoms with Crippen molar-refractivity contribution in [2.45, 2.75) is 6.42 Å². The van der Waals surface area contributed by atoms with Gasteiger partial charge >= 0.3 is 5.97 Å². The third kappa shape index (κ3) is 4.14. The average Bonchev–Trinajstić information content (AvgIpc) is 3.02. The molecular weight excluding hydrogens is 422 g/mol. The Labute approximate surface area is 164 Å². The number of amides is 1. The zero-order valence-corrected chi connectivity index (χ0v) is 16.0. The summed E-state index contributed by atoms with van der Waals surface area (Å²) in [5, 5.41) is 0.445. The van der Waals surface area contributed by atoms with Crippen LogP contribution in [0.2, 0.25) is 5.02 Å². The van der Waals surface area contributed by atoms with Gasteiger partial charge in [-0.25, -0.2) is 0 Å². The number of ketones is 1. The smallest absolute Gasteiger partial charge is 0.311 e. The van der Waals surface area contributed by atoms with E-state index in [9.17, 15) is 14.4 Å². The predicted molar refractivity (Wildman–Crippen MR) is 101 cm³/mol. The molecule has 1 saturated heterocycles. The van der Waals surface area contributed by atoms with E-state index in [-0.39, 0.29) is 31.3 Å². The number of Topliss-reactive ketones (excluding diaryl/α,β-unsaturated/α-hetero) is 1. The number of para-hydroxylation sites is 1. The van der Waals surface area contributed by atoms with Crippen LogP contribution in [0, 0.1) is 5.92 Å². The normalized spacial score (nSPS) is 16.6. The molecule has 0 spiro atoms. The summed E-state index contributed by atoms with van der Waals surface area (Å²) < 4.78 is 5.98. The molecule has 2 aromatic carbocycles. The van der Waals surface area contributed by atoms with Gasteiger partial charge in [-0.15, -0.1) is 0 Å². The predicted octanol–water partition coefficient (Wildman–Crippen LogP) is 3.88. The van der Waals surface area contributed by atoms with Gasteiger partial charge in [-0.1, -0.05) is 51.8 Å². The topological polar surface area (TPSA) is 63.7 Å². The summed E-state index contributed by atoms with van der Waals surface area (Å²) in [6.45, 7) is -0.162. The maximum atomic E-state index is 12.2. The highest BCUT2D eigenvalue weighted by atomic mass is 79.9. The average molecular weight is 437 g/mol. The first-order valence-corrected chi connectivity index (χ1v) is 9.13. The van der Waals surface area contributed by atoms with E-state index in [2.05, 4.69) is 15.9 Å². The lowest BCUT2D eigenvalue weighted by Crippen LogP contribution is -2.27. The van der Waals surface area contributed by atoms with E-state index in [1.54, 1.807) is 48.5 Å². The van der Waals surface area contributed by atoms with Crippen LogP contribution < -0.4 is 4.90 Å². The van der Waals surface area contributed by atoms with Gasteiger partial charge in [0.25, 0.3) is 0 Å². The van der Waals surface area contributed by atoms with Crippen LogP contribution in [-0.4, -0.2) is 30.8 Å². The number of halogens is 2. The molecule has 0 N–H and O–H groups in total. The molecule has 0 bridgehead atoms. The van der Waals surface area contributed by atoms with Crippen molar-refractivity contribution in [2.75, 3.05) is 18.1 Å². The van der Waals surface area contributed by atoms with Crippen LogP contribution in [0.25, 0.3) is 0 Å². The number of ether oxygens (including phenoxy) is 1. The third-order valence-corrected chi connectivity index (χ3v) is 4.96. The molecule has 0 saturated carbocycles. The van der Waals surface area contributed by atoms with Gasteiger partial charge in [-0.3, -0.25) is 14.4 Å². The van der Waals surface area contributed by atoms with Crippen LogP contribution in [-0.2, 0) is 14.3 Å². The zero-order chi connectivity index (χ0) is 18.7. The molecule has 134 valence electrons. The summed E-state index contributed by atoms with van der Waals surface area (Å²) in [6.07, 6.45) is 0.0382. The molecule has 1 atom stereocenters.